The number of carbonyl (C=O) groups excluding carboxylic acids is 2. The molecule has 0 fully saturated rings. The van der Waals surface area contributed by atoms with Crippen molar-refractivity contribution < 1.29 is 9.59 Å². The fourth-order valence-electron chi connectivity index (χ4n) is 2.88. The first-order valence-corrected chi connectivity index (χ1v) is 9.12. The van der Waals surface area contributed by atoms with Gasteiger partial charge in [-0.15, -0.1) is 0 Å². The van der Waals surface area contributed by atoms with Gasteiger partial charge in [-0.2, -0.15) is 5.10 Å². The zero-order valence-electron chi connectivity index (χ0n) is 14.2. The molecule has 3 heterocycles. The lowest BCUT2D eigenvalue weighted by atomic mass is 10.1. The molecule has 2 aromatic heterocycles. The quantitative estimate of drug-likeness (QED) is 0.744. The van der Waals surface area contributed by atoms with E-state index < -0.39 is 0 Å². The van der Waals surface area contributed by atoms with E-state index in [1.54, 1.807) is 17.8 Å². The van der Waals surface area contributed by atoms with Crippen molar-refractivity contribution >= 4 is 28.3 Å². The molecule has 0 aliphatic carbocycles. The average molecular weight is 367 g/mol. The fourth-order valence-corrected chi connectivity index (χ4v) is 3.80. The molecule has 0 radical (unpaired) electrons. The van der Waals surface area contributed by atoms with Gasteiger partial charge in [0.1, 0.15) is 10.6 Å². The number of aromatic nitrogens is 3. The predicted molar refractivity (Wildman–Crippen MR) is 99.4 cm³/mol. The summed E-state index contributed by atoms with van der Waals surface area (Å²) in [4.78, 5) is 29.7. The first-order chi connectivity index (χ1) is 12.6. The highest BCUT2D eigenvalue weighted by molar-refractivity contribution is 7.17. The van der Waals surface area contributed by atoms with Crippen molar-refractivity contribution in [2.45, 2.75) is 12.8 Å². The fraction of sp³-hybridized carbons (Fsp3) is 0.222. The maximum Gasteiger partial charge on any atom is 0.275 e. The lowest BCUT2D eigenvalue weighted by molar-refractivity contribution is 0.0958. The van der Waals surface area contributed by atoms with Crippen LogP contribution in [-0.4, -0.2) is 33.1 Å². The van der Waals surface area contributed by atoms with Crippen molar-refractivity contribution in [2.24, 2.45) is 7.05 Å². The number of aryl methyl sites for hydroxylation is 2. The number of hydrogen-bond acceptors (Lipinski definition) is 5. The summed E-state index contributed by atoms with van der Waals surface area (Å²) in [7, 11) is 1.73. The van der Waals surface area contributed by atoms with Gasteiger partial charge < -0.3 is 5.32 Å². The molecule has 1 aromatic carbocycles. The number of nitrogens with zero attached hydrogens (tertiary/aromatic N) is 3. The minimum atomic E-state index is -0.300. The van der Waals surface area contributed by atoms with Crippen molar-refractivity contribution in [1.29, 1.82) is 0 Å². The molecule has 8 heteroatoms. The van der Waals surface area contributed by atoms with E-state index in [0.717, 1.165) is 29.8 Å². The molecule has 1 aliphatic rings. The normalized spacial score (nSPS) is 13.7. The standard InChI is InChI=1S/C18H17N5O2S/c1-23-14(10-13(22-23)11-6-3-2-4-7-11)16(24)21-18-20-12-8-5-9-19-17(25)15(12)26-18/h2-4,6-7,10H,5,8-9H2,1H3,(H,19,25)(H,20,21,24). The van der Waals surface area contributed by atoms with Gasteiger partial charge in [0.2, 0.25) is 0 Å². The highest BCUT2D eigenvalue weighted by atomic mass is 32.1. The van der Waals surface area contributed by atoms with Crippen LogP contribution in [0.1, 0.15) is 32.3 Å². The number of anilines is 1. The monoisotopic (exact) mass is 367 g/mol. The molecule has 7 nitrogen and oxygen atoms in total. The van der Waals surface area contributed by atoms with Crippen LogP contribution < -0.4 is 10.6 Å². The van der Waals surface area contributed by atoms with Crippen LogP contribution in [0, 0.1) is 0 Å². The summed E-state index contributed by atoms with van der Waals surface area (Å²) in [5.41, 5.74) is 2.85. The van der Waals surface area contributed by atoms with E-state index >= 15 is 0 Å². The highest BCUT2D eigenvalue weighted by Gasteiger charge is 2.22. The Morgan fingerprint density at radius 3 is 2.92 bits per heavy atom. The lowest BCUT2D eigenvalue weighted by Gasteiger charge is -2.01. The van der Waals surface area contributed by atoms with Crippen molar-refractivity contribution in [1.82, 2.24) is 20.1 Å². The van der Waals surface area contributed by atoms with Gasteiger partial charge >= 0.3 is 0 Å². The Kier molecular flexibility index (Phi) is 4.26. The Bertz CT molecular complexity index is 977. The minimum absolute atomic E-state index is 0.123. The molecular weight excluding hydrogens is 350 g/mol. The summed E-state index contributed by atoms with van der Waals surface area (Å²) in [5, 5.41) is 10.5. The Labute approximate surface area is 154 Å². The minimum Gasteiger partial charge on any atom is -0.351 e. The van der Waals surface area contributed by atoms with E-state index in [0.29, 0.717) is 22.2 Å². The Hall–Kier alpha value is -3.00. The molecule has 3 aromatic rings. The van der Waals surface area contributed by atoms with Crippen molar-refractivity contribution in [3.05, 3.63) is 52.7 Å². The Morgan fingerprint density at radius 2 is 2.12 bits per heavy atom. The van der Waals surface area contributed by atoms with Crippen molar-refractivity contribution in [3.8, 4) is 11.3 Å². The molecule has 0 saturated carbocycles. The van der Waals surface area contributed by atoms with Crippen LogP contribution in [-0.2, 0) is 13.5 Å². The summed E-state index contributed by atoms with van der Waals surface area (Å²) in [6.45, 7) is 0.654. The topological polar surface area (TPSA) is 88.9 Å². The predicted octanol–water partition coefficient (Wildman–Crippen LogP) is 2.47. The van der Waals surface area contributed by atoms with Gasteiger partial charge in [0.25, 0.3) is 11.8 Å². The summed E-state index contributed by atoms with van der Waals surface area (Å²) >= 11 is 1.20. The molecule has 2 amide bonds. The zero-order valence-corrected chi connectivity index (χ0v) is 15.0. The van der Waals surface area contributed by atoms with Crippen LogP contribution in [0.3, 0.4) is 0 Å². The second-order valence-corrected chi connectivity index (χ2v) is 7.01. The SMILES string of the molecule is Cn1nc(-c2ccccc2)cc1C(=O)Nc1nc2c(s1)C(=O)NCCC2. The van der Waals surface area contributed by atoms with E-state index in [1.807, 2.05) is 30.3 Å². The van der Waals surface area contributed by atoms with Gasteiger partial charge in [0.05, 0.1) is 11.4 Å². The van der Waals surface area contributed by atoms with Gasteiger partial charge in [-0.05, 0) is 18.9 Å². The third kappa shape index (κ3) is 3.11. The number of thiazole rings is 1. The second kappa shape index (κ2) is 6.72. The molecule has 1 aliphatic heterocycles. The lowest BCUT2D eigenvalue weighted by Crippen LogP contribution is -2.21. The van der Waals surface area contributed by atoms with E-state index in [-0.39, 0.29) is 11.8 Å². The number of amides is 2. The molecule has 0 bridgehead atoms. The molecular formula is C18H17N5O2S. The largest absolute Gasteiger partial charge is 0.351 e. The van der Waals surface area contributed by atoms with E-state index in [9.17, 15) is 9.59 Å². The Morgan fingerprint density at radius 1 is 1.31 bits per heavy atom. The van der Waals surface area contributed by atoms with E-state index in [4.69, 9.17) is 0 Å². The molecule has 0 unspecified atom stereocenters. The van der Waals surface area contributed by atoms with E-state index in [2.05, 4.69) is 20.7 Å². The third-order valence-corrected chi connectivity index (χ3v) is 5.19. The van der Waals surface area contributed by atoms with Gasteiger partial charge in [-0.25, -0.2) is 4.98 Å². The number of carbonyl (C=O) groups is 2. The van der Waals surface area contributed by atoms with Crippen LogP contribution in [0.4, 0.5) is 5.13 Å². The molecule has 2 N–H and O–H groups in total. The molecule has 0 spiro atoms. The molecule has 26 heavy (non-hydrogen) atoms. The van der Waals surface area contributed by atoms with Crippen LogP contribution in [0.2, 0.25) is 0 Å². The highest BCUT2D eigenvalue weighted by Crippen LogP contribution is 2.26. The number of hydrogen-bond donors (Lipinski definition) is 2. The average Bonchev–Trinajstić information content (AvgIpc) is 3.18. The Balaban J connectivity index is 1.57. The summed E-state index contributed by atoms with van der Waals surface area (Å²) in [6.07, 6.45) is 1.57. The number of rotatable bonds is 3. The van der Waals surface area contributed by atoms with Gasteiger partial charge in [-0.1, -0.05) is 41.7 Å². The van der Waals surface area contributed by atoms with Gasteiger partial charge in [0, 0.05) is 19.2 Å². The first-order valence-electron chi connectivity index (χ1n) is 8.30. The van der Waals surface area contributed by atoms with Crippen LogP contribution in [0.15, 0.2) is 36.4 Å². The summed E-state index contributed by atoms with van der Waals surface area (Å²) < 4.78 is 1.54. The van der Waals surface area contributed by atoms with E-state index in [1.165, 1.54) is 11.3 Å². The van der Waals surface area contributed by atoms with Crippen molar-refractivity contribution in [2.75, 3.05) is 11.9 Å². The summed E-state index contributed by atoms with van der Waals surface area (Å²) in [6, 6.07) is 11.4. The zero-order chi connectivity index (χ0) is 18.1. The van der Waals surface area contributed by atoms with Crippen LogP contribution in [0.25, 0.3) is 11.3 Å². The van der Waals surface area contributed by atoms with Crippen LogP contribution >= 0.6 is 11.3 Å². The smallest absolute Gasteiger partial charge is 0.275 e. The molecule has 0 atom stereocenters. The maximum absolute atomic E-state index is 12.6. The second-order valence-electron chi connectivity index (χ2n) is 6.01. The maximum atomic E-state index is 12.6. The number of nitrogens with one attached hydrogen (secondary N) is 2. The molecule has 4 rings (SSSR count). The third-order valence-electron chi connectivity index (χ3n) is 4.18. The van der Waals surface area contributed by atoms with Gasteiger partial charge in [0.15, 0.2) is 5.13 Å². The van der Waals surface area contributed by atoms with Crippen molar-refractivity contribution in [3.63, 3.8) is 0 Å². The first kappa shape index (κ1) is 16.5. The molecule has 132 valence electrons. The van der Waals surface area contributed by atoms with Gasteiger partial charge in [-0.3, -0.25) is 19.6 Å². The number of benzene rings is 1. The number of fused-ring (bicyclic) bond motifs is 1. The van der Waals surface area contributed by atoms with Crippen LogP contribution in [0.5, 0.6) is 0 Å². The summed E-state index contributed by atoms with van der Waals surface area (Å²) in [5.74, 6) is -0.422. The molecule has 0 saturated heterocycles.